The van der Waals surface area contributed by atoms with Gasteiger partial charge in [0.15, 0.2) is 28.0 Å². The summed E-state index contributed by atoms with van der Waals surface area (Å²) >= 11 is 0. The monoisotopic (exact) mass is 760 g/mol. The third-order valence-electron chi connectivity index (χ3n) is 13.8. The molecule has 0 aromatic rings. The van der Waals surface area contributed by atoms with Crippen molar-refractivity contribution in [2.24, 2.45) is 17.8 Å². The van der Waals surface area contributed by atoms with Crippen LogP contribution < -0.4 is 0 Å². The second-order valence-electron chi connectivity index (χ2n) is 20.3. The van der Waals surface area contributed by atoms with E-state index in [9.17, 15) is 0 Å². The first kappa shape index (κ1) is 39.3. The van der Waals surface area contributed by atoms with Gasteiger partial charge in [-0.25, -0.2) is 0 Å². The van der Waals surface area contributed by atoms with Crippen LogP contribution in [0.3, 0.4) is 0 Å². The minimum atomic E-state index is -2.35. The smallest absolute Gasteiger partial charge is 0.316 e. The molecule has 0 radical (unpaired) electrons. The molecule has 5 saturated heterocycles. The molecule has 6 aliphatic heterocycles. The SMILES string of the molecule is CC[C@H]1O[C@]2(CC[C@@H]1C)C[C@@H]1C[C@@H](C[C@@H]3O[C@@]3(C)C[C@@H](C)/C=C/[C@@H]3O[C@]34CO[C@@H]3[C@H](O[Si](C)(C)C(C)(C)C)C(C)=C[C@@H](C(=O)O1)[C@@]34O[Si](C)(C)C)O2. The molecule has 6 heterocycles. The Morgan fingerprint density at radius 1 is 0.962 bits per heavy atom. The predicted octanol–water partition coefficient (Wildman–Crippen LogP) is 8.24. The van der Waals surface area contributed by atoms with Gasteiger partial charge in [-0.05, 0) is 88.3 Å². The fourth-order valence-electron chi connectivity index (χ4n) is 10.00. The minimum absolute atomic E-state index is 0.0175. The molecule has 52 heavy (non-hydrogen) atoms. The van der Waals surface area contributed by atoms with Gasteiger partial charge in [-0.2, -0.15) is 0 Å². The largest absolute Gasteiger partial charge is 0.462 e. The van der Waals surface area contributed by atoms with Crippen LogP contribution in [0.1, 0.15) is 100 Å². The van der Waals surface area contributed by atoms with Gasteiger partial charge in [0.1, 0.15) is 29.8 Å². The minimum Gasteiger partial charge on any atom is -0.462 e. The predicted molar refractivity (Wildman–Crippen MR) is 205 cm³/mol. The number of rotatable bonds is 5. The number of epoxide rings is 2. The van der Waals surface area contributed by atoms with Gasteiger partial charge in [-0.1, -0.05) is 59.8 Å². The summed E-state index contributed by atoms with van der Waals surface area (Å²) in [6.45, 7) is 29.2. The first-order valence-electron chi connectivity index (χ1n) is 20.3. The van der Waals surface area contributed by atoms with E-state index in [0.717, 1.165) is 37.7 Å². The van der Waals surface area contributed by atoms with Crippen molar-refractivity contribution < 1.29 is 42.1 Å². The quantitative estimate of drug-likeness (QED) is 0.119. The fraction of sp³-hybridized carbons (Fsp3) is 0.878. The molecule has 7 rings (SSSR count). The van der Waals surface area contributed by atoms with Crippen LogP contribution in [0.5, 0.6) is 0 Å². The molecular weight excluding hydrogens is 693 g/mol. The van der Waals surface area contributed by atoms with Gasteiger partial charge < -0.3 is 37.3 Å². The van der Waals surface area contributed by atoms with E-state index in [1.54, 1.807) is 0 Å². The van der Waals surface area contributed by atoms with Crippen molar-refractivity contribution in [3.63, 3.8) is 0 Å². The van der Waals surface area contributed by atoms with Crippen LogP contribution in [0, 0.1) is 17.8 Å². The van der Waals surface area contributed by atoms with Crippen molar-refractivity contribution in [2.75, 3.05) is 6.61 Å². The zero-order valence-corrected chi connectivity index (χ0v) is 36.3. The molecule has 0 unspecified atom stereocenters. The van der Waals surface area contributed by atoms with E-state index in [-0.39, 0.29) is 59.2 Å². The fourth-order valence-corrected chi connectivity index (χ4v) is 12.7. The van der Waals surface area contributed by atoms with Crippen LogP contribution in [0.4, 0.5) is 0 Å². The highest BCUT2D eigenvalue weighted by Gasteiger charge is 2.81. The molecule has 5 fully saturated rings. The lowest BCUT2D eigenvalue weighted by Crippen LogP contribution is -2.68. The maximum absolute atomic E-state index is 15.1. The highest BCUT2D eigenvalue weighted by Crippen LogP contribution is 2.63. The van der Waals surface area contributed by atoms with Gasteiger partial charge in [-0.15, -0.1) is 0 Å². The number of fused-ring (bicyclic) bond motifs is 3. The second kappa shape index (κ2) is 13.1. The lowest BCUT2D eigenvalue weighted by atomic mass is 9.67. The molecule has 14 atom stereocenters. The van der Waals surface area contributed by atoms with E-state index in [1.807, 2.05) is 0 Å². The molecule has 2 bridgehead atoms. The van der Waals surface area contributed by atoms with Gasteiger partial charge in [0.05, 0.1) is 36.6 Å². The van der Waals surface area contributed by atoms with E-state index >= 15 is 4.79 Å². The van der Waals surface area contributed by atoms with Crippen molar-refractivity contribution in [1.82, 2.24) is 0 Å². The Bertz CT molecular complexity index is 1450. The van der Waals surface area contributed by atoms with Crippen LogP contribution in [0.15, 0.2) is 23.8 Å². The van der Waals surface area contributed by atoms with E-state index in [2.05, 4.69) is 106 Å². The molecule has 294 valence electrons. The Balaban J connectivity index is 1.32. The highest BCUT2D eigenvalue weighted by molar-refractivity contribution is 6.74. The third-order valence-corrected chi connectivity index (χ3v) is 19.2. The standard InChI is InChI=1S/C41H68O9Si2/c1-14-31-26(3)17-18-39(46-31)23-29-20-28(45-39)21-33-38(8,47-33)22-25(2)15-16-32-40(48-32)24-43-35-34(49-52(12,13)37(5,6)7)27(4)19-30(36(42)44-29)41(35,40)50-51(9,10)11/h15-16,19,25-26,28-35H,14,17-18,20-24H2,1-13H3/b16-15+/t25-,26-,28-,29-,30-,31+,32-,33-,34+,35+,38-,39+,40+,41+/m0/s1. The number of allylic oxidation sites excluding steroid dienone is 1. The molecule has 0 amide bonds. The van der Waals surface area contributed by atoms with Gasteiger partial charge >= 0.3 is 5.97 Å². The van der Waals surface area contributed by atoms with Gasteiger partial charge in [0.25, 0.3) is 0 Å². The number of hydrogen-bond acceptors (Lipinski definition) is 9. The van der Waals surface area contributed by atoms with Crippen LogP contribution in [0.2, 0.25) is 37.8 Å². The molecular formula is C41H68O9Si2. The molecule has 2 spiro atoms. The van der Waals surface area contributed by atoms with Gasteiger partial charge in [0, 0.05) is 25.7 Å². The number of ether oxygens (including phenoxy) is 6. The van der Waals surface area contributed by atoms with E-state index < -0.39 is 45.6 Å². The van der Waals surface area contributed by atoms with E-state index in [0.29, 0.717) is 25.4 Å². The molecule has 0 saturated carbocycles. The summed E-state index contributed by atoms with van der Waals surface area (Å²) in [5, 5.41) is -0.0175. The average Bonchev–Trinajstić information content (AvgIpc) is 3.86. The summed E-state index contributed by atoms with van der Waals surface area (Å²) in [4.78, 5) is 15.1. The molecule has 9 nitrogen and oxygen atoms in total. The maximum Gasteiger partial charge on any atom is 0.316 e. The topological polar surface area (TPSA) is 97.5 Å². The molecule has 1 aliphatic carbocycles. The van der Waals surface area contributed by atoms with Gasteiger partial charge in [-0.3, -0.25) is 4.79 Å². The second-order valence-corrected chi connectivity index (χ2v) is 29.5. The molecule has 0 aromatic carbocycles. The molecule has 11 heteroatoms. The van der Waals surface area contributed by atoms with Crippen LogP contribution in [-0.4, -0.2) is 94.5 Å². The summed E-state index contributed by atoms with van der Waals surface area (Å²) in [6, 6.07) is 0. The third kappa shape index (κ3) is 6.82. The molecule has 7 aliphatic rings. The zero-order valence-electron chi connectivity index (χ0n) is 34.3. The lowest BCUT2D eigenvalue weighted by Gasteiger charge is -2.52. The normalized spacial score (nSPS) is 48.6. The number of esters is 1. The van der Waals surface area contributed by atoms with Crippen molar-refractivity contribution >= 4 is 22.6 Å². The Labute approximate surface area is 315 Å². The summed E-state index contributed by atoms with van der Waals surface area (Å²) in [7, 11) is -4.63. The Kier molecular flexibility index (Phi) is 9.90. The average molecular weight is 761 g/mol. The summed E-state index contributed by atoms with van der Waals surface area (Å²) in [6.07, 6.45) is 10.5. The van der Waals surface area contributed by atoms with Crippen LogP contribution in [-0.2, 0) is 42.1 Å². The summed E-state index contributed by atoms with van der Waals surface area (Å²) in [5.74, 6) is -1.10. The lowest BCUT2D eigenvalue weighted by molar-refractivity contribution is -0.336. The van der Waals surface area contributed by atoms with Crippen molar-refractivity contribution in [1.29, 1.82) is 0 Å². The summed E-state index contributed by atoms with van der Waals surface area (Å²) < 4.78 is 55.4. The van der Waals surface area contributed by atoms with Crippen LogP contribution in [0.25, 0.3) is 0 Å². The van der Waals surface area contributed by atoms with E-state index in [4.69, 9.17) is 37.3 Å². The number of hydrogen-bond donors (Lipinski definition) is 0. The Morgan fingerprint density at radius 3 is 2.37 bits per heavy atom. The maximum atomic E-state index is 15.1. The van der Waals surface area contributed by atoms with E-state index in [1.165, 1.54) is 0 Å². The molecule has 0 N–H and O–H groups in total. The van der Waals surface area contributed by atoms with Crippen molar-refractivity contribution in [3.05, 3.63) is 23.8 Å². The van der Waals surface area contributed by atoms with Crippen molar-refractivity contribution in [2.45, 2.75) is 203 Å². The van der Waals surface area contributed by atoms with Crippen LogP contribution >= 0.6 is 0 Å². The first-order chi connectivity index (χ1) is 24.1. The highest BCUT2D eigenvalue weighted by atomic mass is 28.4. The zero-order chi connectivity index (χ0) is 37.9. The number of carbonyl (C=O) groups excluding carboxylic acids is 1. The van der Waals surface area contributed by atoms with Gasteiger partial charge in [0.2, 0.25) is 0 Å². The first-order valence-corrected chi connectivity index (χ1v) is 26.7. The Morgan fingerprint density at radius 2 is 1.69 bits per heavy atom. The van der Waals surface area contributed by atoms with Crippen molar-refractivity contribution in [3.8, 4) is 0 Å². The summed E-state index contributed by atoms with van der Waals surface area (Å²) in [5.41, 5.74) is -1.22. The number of carbonyl (C=O) groups is 1. The Hall–Kier alpha value is -0.896. The molecule has 0 aromatic heterocycles.